The van der Waals surface area contributed by atoms with E-state index < -0.39 is 5.97 Å². The van der Waals surface area contributed by atoms with Gasteiger partial charge in [-0.25, -0.2) is 0 Å². The molecule has 0 bridgehead atoms. The van der Waals surface area contributed by atoms with Crippen LogP contribution in [0.15, 0.2) is 65.1 Å². The van der Waals surface area contributed by atoms with Gasteiger partial charge >= 0.3 is 5.97 Å². The van der Waals surface area contributed by atoms with Gasteiger partial charge in [0.05, 0.1) is 6.42 Å². The molecule has 0 aliphatic heterocycles. The lowest BCUT2D eigenvalue weighted by atomic mass is 9.99. The number of hydrogen-bond donors (Lipinski definition) is 3. The zero-order chi connectivity index (χ0) is 26.4. The molecular weight excluding hydrogens is 472 g/mol. The van der Waals surface area contributed by atoms with Crippen molar-refractivity contribution < 1.29 is 28.6 Å². The highest BCUT2D eigenvalue weighted by Gasteiger charge is 2.15. The van der Waals surface area contributed by atoms with Crippen LogP contribution < -0.4 is 15.8 Å². The molecule has 4 rings (SSSR count). The summed E-state index contributed by atoms with van der Waals surface area (Å²) in [5.74, 6) is -0.0852. The van der Waals surface area contributed by atoms with Crippen LogP contribution >= 0.6 is 0 Å². The third-order valence-electron chi connectivity index (χ3n) is 5.77. The van der Waals surface area contributed by atoms with Crippen LogP contribution in [0.4, 0.5) is 5.69 Å². The van der Waals surface area contributed by atoms with Gasteiger partial charge in [-0.05, 0) is 53.9 Å². The number of anilines is 1. The minimum Gasteiger partial charge on any atom is -0.489 e. The van der Waals surface area contributed by atoms with Crippen molar-refractivity contribution in [2.24, 2.45) is 5.73 Å². The molecule has 8 nitrogen and oxygen atoms in total. The molecule has 1 amide bonds. The Morgan fingerprint density at radius 3 is 2.59 bits per heavy atom. The predicted molar refractivity (Wildman–Crippen MR) is 141 cm³/mol. The molecule has 0 saturated heterocycles. The van der Waals surface area contributed by atoms with E-state index in [1.54, 1.807) is 18.2 Å². The number of carboxylic acid groups (broad SMARTS) is 1. The van der Waals surface area contributed by atoms with Crippen LogP contribution in [0.25, 0.3) is 22.1 Å². The van der Waals surface area contributed by atoms with E-state index in [0.717, 1.165) is 39.0 Å². The average Bonchev–Trinajstić information content (AvgIpc) is 3.29. The van der Waals surface area contributed by atoms with E-state index in [1.807, 2.05) is 49.4 Å². The summed E-state index contributed by atoms with van der Waals surface area (Å²) in [4.78, 5) is 22.9. The maximum atomic E-state index is 11.5. The first-order valence-corrected chi connectivity index (χ1v) is 12.0. The van der Waals surface area contributed by atoms with E-state index >= 15 is 0 Å². The molecule has 0 saturated carbocycles. The lowest BCUT2D eigenvalue weighted by molar-refractivity contribution is -0.136. The lowest BCUT2D eigenvalue weighted by Gasteiger charge is -2.14. The van der Waals surface area contributed by atoms with Crippen LogP contribution in [0, 0.1) is 0 Å². The predicted octanol–water partition coefficient (Wildman–Crippen LogP) is 5.26. The Kier molecular flexibility index (Phi) is 8.22. The third-order valence-corrected chi connectivity index (χ3v) is 5.77. The fraction of sp³-hybridized carbons (Fsp3) is 0.241. The first-order chi connectivity index (χ1) is 17.9. The van der Waals surface area contributed by atoms with Gasteiger partial charge < -0.3 is 30.0 Å². The van der Waals surface area contributed by atoms with E-state index in [2.05, 4.69) is 5.32 Å². The van der Waals surface area contributed by atoms with Crippen molar-refractivity contribution in [2.75, 3.05) is 11.9 Å². The number of carbonyl (C=O) groups is 2. The Balaban J connectivity index is 1.71. The summed E-state index contributed by atoms with van der Waals surface area (Å²) in [5, 5.41) is 12.9. The van der Waals surface area contributed by atoms with Crippen LogP contribution in [0.5, 0.6) is 5.75 Å². The van der Waals surface area contributed by atoms with Crippen LogP contribution in [0.3, 0.4) is 0 Å². The van der Waals surface area contributed by atoms with Crippen molar-refractivity contribution in [2.45, 2.75) is 40.0 Å². The van der Waals surface area contributed by atoms with Gasteiger partial charge in [-0.3, -0.25) is 9.59 Å². The highest BCUT2D eigenvalue weighted by Crippen LogP contribution is 2.34. The summed E-state index contributed by atoms with van der Waals surface area (Å²) >= 11 is 0. The van der Waals surface area contributed by atoms with Crippen molar-refractivity contribution in [3.8, 4) is 16.9 Å². The van der Waals surface area contributed by atoms with Gasteiger partial charge in [0.15, 0.2) is 0 Å². The maximum absolute atomic E-state index is 11.5. The van der Waals surface area contributed by atoms with Crippen LogP contribution in [0.2, 0.25) is 0 Å². The molecule has 3 aromatic carbocycles. The maximum Gasteiger partial charge on any atom is 0.307 e. The second-order valence-electron chi connectivity index (χ2n) is 8.68. The van der Waals surface area contributed by atoms with E-state index in [9.17, 15) is 14.7 Å². The molecule has 0 unspecified atom stereocenters. The highest BCUT2D eigenvalue weighted by molar-refractivity contribution is 5.94. The van der Waals surface area contributed by atoms with Crippen LogP contribution in [-0.4, -0.2) is 23.6 Å². The van der Waals surface area contributed by atoms with E-state index in [4.69, 9.17) is 19.6 Å². The molecular formula is C29H30N2O6. The fourth-order valence-electron chi connectivity index (χ4n) is 4.15. The van der Waals surface area contributed by atoms with Gasteiger partial charge in [-0.1, -0.05) is 24.3 Å². The minimum atomic E-state index is -0.971. The summed E-state index contributed by atoms with van der Waals surface area (Å²) in [6.45, 7) is 4.89. The van der Waals surface area contributed by atoms with E-state index in [0.29, 0.717) is 36.8 Å². The summed E-state index contributed by atoms with van der Waals surface area (Å²) in [6.07, 6.45) is -0.200. The second kappa shape index (κ2) is 11.7. The number of ether oxygens (including phenoxy) is 2. The Morgan fingerprint density at radius 1 is 1.03 bits per heavy atom. The zero-order valence-corrected chi connectivity index (χ0v) is 20.9. The lowest BCUT2D eigenvalue weighted by Crippen LogP contribution is -2.08. The van der Waals surface area contributed by atoms with Crippen LogP contribution in [0.1, 0.15) is 36.3 Å². The fourth-order valence-corrected chi connectivity index (χ4v) is 4.15. The highest BCUT2D eigenvalue weighted by atomic mass is 16.5. The Labute approximate surface area is 215 Å². The van der Waals surface area contributed by atoms with E-state index in [-0.39, 0.29) is 18.9 Å². The van der Waals surface area contributed by atoms with Gasteiger partial charge in [-0.15, -0.1) is 0 Å². The molecule has 0 spiro atoms. The third kappa shape index (κ3) is 6.55. The monoisotopic (exact) mass is 502 g/mol. The van der Waals surface area contributed by atoms with Gasteiger partial charge in [0.2, 0.25) is 5.91 Å². The number of nitrogens with two attached hydrogens (primary N) is 1. The summed E-state index contributed by atoms with van der Waals surface area (Å²) < 4.78 is 17.8. The molecule has 0 radical (unpaired) electrons. The molecule has 4 aromatic rings. The van der Waals surface area contributed by atoms with Gasteiger partial charge in [0.25, 0.3) is 0 Å². The number of aliphatic carboxylic acids is 1. The van der Waals surface area contributed by atoms with Crippen molar-refractivity contribution in [1.29, 1.82) is 0 Å². The van der Waals surface area contributed by atoms with Crippen LogP contribution in [-0.2, 0) is 40.5 Å². The average molecular weight is 503 g/mol. The van der Waals surface area contributed by atoms with E-state index in [1.165, 1.54) is 6.92 Å². The molecule has 192 valence electrons. The molecule has 1 aromatic heterocycles. The normalized spacial score (nSPS) is 11.0. The van der Waals surface area contributed by atoms with Crippen molar-refractivity contribution >= 4 is 28.5 Å². The Bertz CT molecular complexity index is 1430. The molecule has 0 aliphatic rings. The quantitative estimate of drug-likeness (QED) is 0.256. The molecule has 4 N–H and O–H groups in total. The van der Waals surface area contributed by atoms with Gasteiger partial charge in [-0.2, -0.15) is 0 Å². The van der Waals surface area contributed by atoms with Crippen molar-refractivity contribution in [3.05, 3.63) is 83.1 Å². The van der Waals surface area contributed by atoms with Gasteiger partial charge in [0, 0.05) is 48.3 Å². The van der Waals surface area contributed by atoms with Crippen molar-refractivity contribution in [1.82, 2.24) is 0 Å². The standard InChI is InChI=1S/C29H30N2O6/c1-3-35-17-25-12-23-10-20(11-26(29(23)37-25)21-6-4-5-19(9-21)15-30)16-36-27-14-24(31-18(2)32)8-7-22(27)13-28(33)34/h4-12,14H,3,13,15-17,30H2,1-2H3,(H,31,32)(H,33,34). The number of carboxylic acids is 1. The number of fused-ring (bicyclic) bond motifs is 1. The zero-order valence-electron chi connectivity index (χ0n) is 20.9. The topological polar surface area (TPSA) is 124 Å². The molecule has 8 heteroatoms. The number of amides is 1. The Hall–Kier alpha value is -4.14. The van der Waals surface area contributed by atoms with Gasteiger partial charge in [0.1, 0.15) is 30.3 Å². The molecule has 37 heavy (non-hydrogen) atoms. The second-order valence-corrected chi connectivity index (χ2v) is 8.68. The number of furan rings is 1. The molecule has 1 heterocycles. The Morgan fingerprint density at radius 2 is 1.86 bits per heavy atom. The van der Waals surface area contributed by atoms with Crippen molar-refractivity contribution in [3.63, 3.8) is 0 Å². The summed E-state index contributed by atoms with van der Waals surface area (Å²) in [7, 11) is 0. The number of carbonyl (C=O) groups excluding carboxylic acids is 1. The first kappa shape index (κ1) is 25.9. The molecule has 0 atom stereocenters. The SMILES string of the molecule is CCOCc1cc2cc(COc3cc(NC(C)=O)ccc3CC(=O)O)cc(-c3cccc(CN)c3)c2o1. The largest absolute Gasteiger partial charge is 0.489 e. The molecule has 0 fully saturated rings. The summed E-state index contributed by atoms with van der Waals surface area (Å²) in [5.41, 5.74) is 11.4. The smallest absolute Gasteiger partial charge is 0.307 e. The first-order valence-electron chi connectivity index (χ1n) is 12.0. The number of nitrogens with one attached hydrogen (secondary N) is 1. The number of hydrogen-bond acceptors (Lipinski definition) is 6. The number of rotatable bonds is 11. The molecule has 0 aliphatic carbocycles. The minimum absolute atomic E-state index is 0.182. The number of benzene rings is 3. The summed E-state index contributed by atoms with van der Waals surface area (Å²) in [6, 6.07) is 18.9.